The van der Waals surface area contributed by atoms with Gasteiger partial charge >= 0.3 is 0 Å². The van der Waals surface area contributed by atoms with Crippen LogP contribution in [0.3, 0.4) is 0 Å². The van der Waals surface area contributed by atoms with Crippen molar-refractivity contribution in [2.45, 2.75) is 25.2 Å². The molecule has 2 fully saturated rings. The Labute approximate surface area is 112 Å². The molecule has 3 atom stereocenters. The molecule has 0 amide bonds. The fraction of sp³-hybridized carbons (Fsp3) is 0.600. The number of fused-ring (bicyclic) bond motifs is 1. The van der Waals surface area contributed by atoms with E-state index in [1.807, 2.05) is 0 Å². The number of benzene rings is 1. The largest absolute Gasteiger partial charge is 0.306 e. The lowest BCUT2D eigenvalue weighted by Gasteiger charge is -2.33. The average molecular weight is 294 g/mol. The van der Waals surface area contributed by atoms with Crippen molar-refractivity contribution in [3.05, 3.63) is 34.3 Å². The molecule has 0 bridgehead atoms. The van der Waals surface area contributed by atoms with Crippen LogP contribution in [-0.2, 0) is 0 Å². The van der Waals surface area contributed by atoms with E-state index in [1.165, 1.54) is 36.8 Å². The van der Waals surface area contributed by atoms with Gasteiger partial charge in [-0.1, -0.05) is 34.5 Å². The third-order valence-electron chi connectivity index (χ3n) is 4.58. The summed E-state index contributed by atoms with van der Waals surface area (Å²) >= 11 is 3.53. The lowest BCUT2D eigenvalue weighted by atomic mass is 9.71. The van der Waals surface area contributed by atoms with Gasteiger partial charge in [0.05, 0.1) is 0 Å². The molecule has 0 aromatic heterocycles. The van der Waals surface area contributed by atoms with Gasteiger partial charge in [0.25, 0.3) is 0 Å². The average Bonchev–Trinajstić information content (AvgIpc) is 2.70. The van der Waals surface area contributed by atoms with Crippen LogP contribution < -0.4 is 0 Å². The molecule has 0 N–H and O–H groups in total. The quantitative estimate of drug-likeness (QED) is 0.759. The van der Waals surface area contributed by atoms with Gasteiger partial charge in [0.15, 0.2) is 0 Å². The highest BCUT2D eigenvalue weighted by Crippen LogP contribution is 2.44. The Hall–Kier alpha value is -0.340. The zero-order valence-electron chi connectivity index (χ0n) is 10.4. The van der Waals surface area contributed by atoms with Crippen molar-refractivity contribution < 1.29 is 0 Å². The minimum atomic E-state index is 0.798. The van der Waals surface area contributed by atoms with Crippen molar-refractivity contribution >= 4 is 15.9 Å². The fourth-order valence-electron chi connectivity index (χ4n) is 3.82. The maximum Gasteiger partial charge on any atom is 0.0175 e. The van der Waals surface area contributed by atoms with Crippen LogP contribution >= 0.6 is 15.9 Å². The summed E-state index contributed by atoms with van der Waals surface area (Å²) in [4.78, 5) is 2.52. The standard InChI is InChI=1S/C15H20BrN/c1-17-9-12-3-2-4-14(15(12)10-17)11-5-7-13(16)8-6-11/h5-8,12,14-15H,2-4,9-10H2,1H3/t12-,14+,15+/m0/s1. The lowest BCUT2D eigenvalue weighted by molar-refractivity contribution is 0.258. The maximum absolute atomic E-state index is 3.53. The minimum absolute atomic E-state index is 0.798. The molecule has 1 saturated heterocycles. The summed E-state index contributed by atoms with van der Waals surface area (Å²) in [6.45, 7) is 2.61. The first-order chi connectivity index (χ1) is 8.24. The lowest BCUT2D eigenvalue weighted by Crippen LogP contribution is -2.25. The van der Waals surface area contributed by atoms with Crippen LogP contribution in [0.4, 0.5) is 0 Å². The Balaban J connectivity index is 1.84. The molecule has 1 aromatic carbocycles. The van der Waals surface area contributed by atoms with Crippen LogP contribution in [0.5, 0.6) is 0 Å². The summed E-state index contributed by atoms with van der Waals surface area (Å²) in [5, 5.41) is 0. The Morgan fingerprint density at radius 1 is 1.12 bits per heavy atom. The molecule has 1 heterocycles. The van der Waals surface area contributed by atoms with E-state index in [9.17, 15) is 0 Å². The molecule has 1 aromatic rings. The molecule has 1 saturated carbocycles. The minimum Gasteiger partial charge on any atom is -0.306 e. The number of nitrogens with zero attached hydrogens (tertiary/aromatic N) is 1. The zero-order valence-corrected chi connectivity index (χ0v) is 12.0. The number of likely N-dealkylation sites (tertiary alicyclic amines) is 1. The van der Waals surface area contributed by atoms with Gasteiger partial charge in [-0.3, -0.25) is 0 Å². The molecule has 1 aliphatic heterocycles. The van der Waals surface area contributed by atoms with E-state index in [-0.39, 0.29) is 0 Å². The van der Waals surface area contributed by atoms with Crippen LogP contribution in [0.15, 0.2) is 28.7 Å². The third kappa shape index (κ3) is 2.30. The molecule has 0 spiro atoms. The Morgan fingerprint density at radius 2 is 1.88 bits per heavy atom. The summed E-state index contributed by atoms with van der Waals surface area (Å²) in [5.74, 6) is 2.64. The number of hydrogen-bond donors (Lipinski definition) is 0. The van der Waals surface area contributed by atoms with Crippen molar-refractivity contribution in [1.29, 1.82) is 0 Å². The molecular formula is C15H20BrN. The van der Waals surface area contributed by atoms with Gasteiger partial charge in [-0.25, -0.2) is 0 Å². The predicted molar refractivity (Wildman–Crippen MR) is 75.2 cm³/mol. The highest BCUT2D eigenvalue weighted by Gasteiger charge is 2.39. The van der Waals surface area contributed by atoms with Gasteiger partial charge in [-0.05, 0) is 55.3 Å². The second-order valence-electron chi connectivity index (χ2n) is 5.73. The first kappa shape index (κ1) is 11.7. The Bertz CT molecular complexity index is 386. The second kappa shape index (κ2) is 4.74. The van der Waals surface area contributed by atoms with E-state index >= 15 is 0 Å². The summed E-state index contributed by atoms with van der Waals surface area (Å²) in [6.07, 6.45) is 4.24. The third-order valence-corrected chi connectivity index (χ3v) is 5.11. The van der Waals surface area contributed by atoms with E-state index in [0.29, 0.717) is 0 Å². The molecule has 17 heavy (non-hydrogen) atoms. The normalized spacial score (nSPS) is 33.6. The molecule has 3 rings (SSSR count). The molecule has 1 nitrogen and oxygen atoms in total. The highest BCUT2D eigenvalue weighted by atomic mass is 79.9. The number of rotatable bonds is 1. The second-order valence-corrected chi connectivity index (χ2v) is 6.65. The van der Waals surface area contributed by atoms with Gasteiger partial charge in [-0.2, -0.15) is 0 Å². The summed E-state index contributed by atoms with van der Waals surface area (Å²) in [6, 6.07) is 9.01. The first-order valence-electron chi connectivity index (χ1n) is 6.68. The zero-order chi connectivity index (χ0) is 11.8. The Kier molecular flexibility index (Phi) is 3.27. The highest BCUT2D eigenvalue weighted by molar-refractivity contribution is 9.10. The molecule has 2 aliphatic rings. The first-order valence-corrected chi connectivity index (χ1v) is 7.47. The maximum atomic E-state index is 3.53. The molecule has 0 unspecified atom stereocenters. The molecule has 1 aliphatic carbocycles. The molecular weight excluding hydrogens is 274 g/mol. The van der Waals surface area contributed by atoms with Crippen molar-refractivity contribution in [3.63, 3.8) is 0 Å². The van der Waals surface area contributed by atoms with Crippen LogP contribution in [0, 0.1) is 11.8 Å². The van der Waals surface area contributed by atoms with Gasteiger partial charge in [0, 0.05) is 17.6 Å². The van der Waals surface area contributed by atoms with E-state index in [2.05, 4.69) is 52.1 Å². The van der Waals surface area contributed by atoms with Crippen molar-refractivity contribution in [1.82, 2.24) is 4.90 Å². The molecule has 0 radical (unpaired) electrons. The van der Waals surface area contributed by atoms with E-state index < -0.39 is 0 Å². The topological polar surface area (TPSA) is 3.24 Å². The van der Waals surface area contributed by atoms with E-state index in [1.54, 1.807) is 5.56 Å². The van der Waals surface area contributed by atoms with E-state index in [4.69, 9.17) is 0 Å². The van der Waals surface area contributed by atoms with Crippen LogP contribution in [0.25, 0.3) is 0 Å². The van der Waals surface area contributed by atoms with Crippen LogP contribution in [-0.4, -0.2) is 25.0 Å². The summed E-state index contributed by atoms with van der Waals surface area (Å²) < 4.78 is 1.19. The van der Waals surface area contributed by atoms with Gasteiger partial charge in [0.2, 0.25) is 0 Å². The van der Waals surface area contributed by atoms with Gasteiger partial charge < -0.3 is 4.90 Å². The summed E-state index contributed by atoms with van der Waals surface area (Å²) in [7, 11) is 2.27. The van der Waals surface area contributed by atoms with Crippen molar-refractivity contribution in [3.8, 4) is 0 Å². The summed E-state index contributed by atoms with van der Waals surface area (Å²) in [5.41, 5.74) is 1.55. The van der Waals surface area contributed by atoms with Gasteiger partial charge in [-0.15, -0.1) is 0 Å². The van der Waals surface area contributed by atoms with Crippen molar-refractivity contribution in [2.75, 3.05) is 20.1 Å². The number of halogens is 1. The molecule has 2 heteroatoms. The van der Waals surface area contributed by atoms with Crippen LogP contribution in [0.2, 0.25) is 0 Å². The Morgan fingerprint density at radius 3 is 2.65 bits per heavy atom. The smallest absolute Gasteiger partial charge is 0.0175 e. The number of hydrogen-bond acceptors (Lipinski definition) is 1. The fourth-order valence-corrected chi connectivity index (χ4v) is 4.08. The van der Waals surface area contributed by atoms with E-state index in [0.717, 1.165) is 17.8 Å². The monoisotopic (exact) mass is 293 g/mol. The van der Waals surface area contributed by atoms with Crippen molar-refractivity contribution in [2.24, 2.45) is 11.8 Å². The van der Waals surface area contributed by atoms with Gasteiger partial charge in [0.1, 0.15) is 0 Å². The van der Waals surface area contributed by atoms with Crippen LogP contribution in [0.1, 0.15) is 30.7 Å². The molecule has 92 valence electrons. The predicted octanol–water partition coefficient (Wildman–Crippen LogP) is 3.89. The SMILES string of the molecule is CN1C[C@@H]2CCC[C@H](c3ccc(Br)cc3)[C@@H]2C1.